The van der Waals surface area contributed by atoms with Crippen LogP contribution in [0, 0.1) is 0 Å². The van der Waals surface area contributed by atoms with Gasteiger partial charge in [-0.15, -0.1) is 10.2 Å². The molecule has 1 fully saturated rings. The average Bonchev–Trinajstić information content (AvgIpc) is 3.42. The first kappa shape index (κ1) is 22.6. The van der Waals surface area contributed by atoms with Crippen LogP contribution in [-0.2, 0) is 13.2 Å². The van der Waals surface area contributed by atoms with Gasteiger partial charge in [0.2, 0.25) is 0 Å². The summed E-state index contributed by atoms with van der Waals surface area (Å²) in [6.45, 7) is 2.83. The summed E-state index contributed by atoms with van der Waals surface area (Å²) in [5, 5.41) is 22.7. The number of aliphatic hydroxyl groups is 1. The molecular weight excluding hydrogens is 449 g/mol. The van der Waals surface area contributed by atoms with Crippen molar-refractivity contribution in [3.8, 4) is 0 Å². The largest absolute Gasteiger partial charge is 0.388 e. The standard InChI is InChI=1S/C23H25Cl2N5O2/c1-15(17-6-10-19(25)11-7-17)26-23(32)29-12-2-3-20(29)22-28-27-21(14-31)30(22)13-16-4-8-18(24)9-5-16/h4-11,15,20,31H,2-3,12-14H2,1H3,(H,26,32)/t15-,20+/m0/s1. The fourth-order valence-electron chi connectivity index (χ4n) is 4.04. The molecule has 2 N–H and O–H groups in total. The number of nitrogens with one attached hydrogen (secondary N) is 1. The van der Waals surface area contributed by atoms with Crippen LogP contribution in [0.15, 0.2) is 48.5 Å². The first-order chi connectivity index (χ1) is 15.5. The van der Waals surface area contributed by atoms with E-state index in [1.54, 1.807) is 4.90 Å². The van der Waals surface area contributed by atoms with Crippen molar-refractivity contribution >= 4 is 29.2 Å². The molecule has 4 rings (SSSR count). The summed E-state index contributed by atoms with van der Waals surface area (Å²) in [4.78, 5) is 14.9. The van der Waals surface area contributed by atoms with Gasteiger partial charge in [0, 0.05) is 16.6 Å². The number of amides is 2. The van der Waals surface area contributed by atoms with Crippen LogP contribution in [0.25, 0.3) is 0 Å². The Labute approximate surface area is 197 Å². The summed E-state index contributed by atoms with van der Waals surface area (Å²) < 4.78 is 1.89. The normalized spacial score (nSPS) is 16.9. The highest BCUT2D eigenvalue weighted by Crippen LogP contribution is 2.32. The van der Waals surface area contributed by atoms with Crippen LogP contribution in [0.3, 0.4) is 0 Å². The molecule has 2 atom stereocenters. The van der Waals surface area contributed by atoms with Crippen LogP contribution in [0.1, 0.15) is 54.6 Å². The van der Waals surface area contributed by atoms with Crippen molar-refractivity contribution in [2.24, 2.45) is 0 Å². The Hall–Kier alpha value is -2.61. The number of hydrogen-bond acceptors (Lipinski definition) is 4. The van der Waals surface area contributed by atoms with Gasteiger partial charge in [0.15, 0.2) is 11.6 Å². The zero-order valence-electron chi connectivity index (χ0n) is 17.7. The van der Waals surface area contributed by atoms with Crippen LogP contribution >= 0.6 is 23.2 Å². The van der Waals surface area contributed by atoms with Gasteiger partial charge >= 0.3 is 6.03 Å². The summed E-state index contributed by atoms with van der Waals surface area (Å²) in [5.41, 5.74) is 1.99. The number of likely N-dealkylation sites (tertiary alicyclic amines) is 1. The molecule has 9 heteroatoms. The number of nitrogens with zero attached hydrogens (tertiary/aromatic N) is 4. The van der Waals surface area contributed by atoms with E-state index in [1.165, 1.54) is 0 Å². The summed E-state index contributed by atoms with van der Waals surface area (Å²) in [5.74, 6) is 1.15. The summed E-state index contributed by atoms with van der Waals surface area (Å²) in [6, 6.07) is 14.4. The van der Waals surface area contributed by atoms with Crippen LogP contribution in [0.5, 0.6) is 0 Å². The Morgan fingerprint density at radius 1 is 1.12 bits per heavy atom. The summed E-state index contributed by atoms with van der Waals surface area (Å²) >= 11 is 12.0. The van der Waals surface area contributed by atoms with E-state index in [0.717, 1.165) is 24.0 Å². The van der Waals surface area contributed by atoms with E-state index in [-0.39, 0.29) is 24.7 Å². The minimum atomic E-state index is -0.229. The van der Waals surface area contributed by atoms with Crippen molar-refractivity contribution in [1.82, 2.24) is 25.0 Å². The smallest absolute Gasteiger partial charge is 0.318 e. The highest BCUT2D eigenvalue weighted by Gasteiger charge is 2.34. The SMILES string of the molecule is C[C@H](NC(=O)N1CCC[C@@H]1c1nnc(CO)n1Cc1ccc(Cl)cc1)c1ccc(Cl)cc1. The number of rotatable bonds is 6. The van der Waals surface area contributed by atoms with Gasteiger partial charge in [0.1, 0.15) is 6.61 Å². The molecule has 32 heavy (non-hydrogen) atoms. The van der Waals surface area contributed by atoms with Crippen LogP contribution in [-0.4, -0.2) is 37.3 Å². The number of halogens is 2. The molecule has 0 spiro atoms. The molecule has 2 heterocycles. The second-order valence-electron chi connectivity index (χ2n) is 7.92. The maximum absolute atomic E-state index is 13.1. The molecule has 0 saturated carbocycles. The third-order valence-electron chi connectivity index (χ3n) is 5.77. The fourth-order valence-corrected chi connectivity index (χ4v) is 4.29. The molecule has 168 valence electrons. The predicted molar refractivity (Wildman–Crippen MR) is 124 cm³/mol. The topological polar surface area (TPSA) is 83.3 Å². The average molecular weight is 474 g/mol. The van der Waals surface area contributed by atoms with Crippen LogP contribution < -0.4 is 5.32 Å². The van der Waals surface area contributed by atoms with Crippen molar-refractivity contribution in [3.63, 3.8) is 0 Å². The van der Waals surface area contributed by atoms with Crippen molar-refractivity contribution in [1.29, 1.82) is 0 Å². The number of hydrogen-bond donors (Lipinski definition) is 2. The Balaban J connectivity index is 1.53. The monoisotopic (exact) mass is 473 g/mol. The van der Waals surface area contributed by atoms with Gasteiger partial charge in [-0.2, -0.15) is 0 Å². The number of aromatic nitrogens is 3. The lowest BCUT2D eigenvalue weighted by molar-refractivity contribution is 0.186. The quantitative estimate of drug-likeness (QED) is 0.541. The minimum Gasteiger partial charge on any atom is -0.388 e. The summed E-state index contributed by atoms with van der Waals surface area (Å²) in [7, 11) is 0. The molecule has 0 aliphatic carbocycles. The van der Waals surface area contributed by atoms with E-state index < -0.39 is 0 Å². The number of urea groups is 1. The molecule has 2 amide bonds. The first-order valence-electron chi connectivity index (χ1n) is 10.6. The Morgan fingerprint density at radius 2 is 1.78 bits per heavy atom. The van der Waals surface area contributed by atoms with E-state index in [4.69, 9.17) is 23.2 Å². The molecule has 7 nitrogen and oxygen atoms in total. The second-order valence-corrected chi connectivity index (χ2v) is 8.79. The van der Waals surface area contributed by atoms with Crippen molar-refractivity contribution in [3.05, 3.63) is 81.4 Å². The van der Waals surface area contributed by atoms with Gasteiger partial charge in [0.25, 0.3) is 0 Å². The van der Waals surface area contributed by atoms with Gasteiger partial charge in [-0.3, -0.25) is 0 Å². The lowest BCUT2D eigenvalue weighted by Gasteiger charge is -2.27. The Kier molecular flexibility index (Phi) is 6.98. The van der Waals surface area contributed by atoms with E-state index in [1.807, 2.05) is 60.0 Å². The van der Waals surface area contributed by atoms with E-state index >= 15 is 0 Å². The maximum Gasteiger partial charge on any atom is 0.318 e. The van der Waals surface area contributed by atoms with Gasteiger partial charge in [0.05, 0.1) is 18.6 Å². The zero-order valence-corrected chi connectivity index (χ0v) is 19.2. The molecule has 1 saturated heterocycles. The van der Waals surface area contributed by atoms with Crippen molar-refractivity contribution in [2.75, 3.05) is 6.54 Å². The maximum atomic E-state index is 13.1. The van der Waals surface area contributed by atoms with E-state index in [2.05, 4.69) is 15.5 Å². The van der Waals surface area contributed by atoms with E-state index in [0.29, 0.717) is 34.8 Å². The van der Waals surface area contributed by atoms with Gasteiger partial charge < -0.3 is 19.9 Å². The first-order valence-corrected chi connectivity index (χ1v) is 11.3. The third kappa shape index (κ3) is 4.90. The molecule has 0 bridgehead atoms. The molecule has 1 aliphatic rings. The number of aliphatic hydroxyl groups excluding tert-OH is 1. The molecule has 1 aromatic heterocycles. The molecule has 3 aromatic rings. The van der Waals surface area contributed by atoms with Crippen molar-refractivity contribution < 1.29 is 9.90 Å². The lowest BCUT2D eigenvalue weighted by atomic mass is 10.1. The minimum absolute atomic E-state index is 0.151. The number of carbonyl (C=O) groups excluding carboxylic acids is 1. The van der Waals surface area contributed by atoms with Crippen LogP contribution in [0.4, 0.5) is 4.79 Å². The van der Waals surface area contributed by atoms with Crippen LogP contribution in [0.2, 0.25) is 10.0 Å². The zero-order chi connectivity index (χ0) is 22.7. The van der Waals surface area contributed by atoms with Gasteiger partial charge in [-0.25, -0.2) is 4.79 Å². The third-order valence-corrected chi connectivity index (χ3v) is 6.28. The molecular formula is C23H25Cl2N5O2. The lowest BCUT2D eigenvalue weighted by Crippen LogP contribution is -2.41. The highest BCUT2D eigenvalue weighted by molar-refractivity contribution is 6.30. The summed E-state index contributed by atoms with van der Waals surface area (Å²) in [6.07, 6.45) is 1.66. The molecule has 1 aliphatic heterocycles. The van der Waals surface area contributed by atoms with E-state index in [9.17, 15) is 9.90 Å². The fraction of sp³-hybridized carbons (Fsp3) is 0.348. The molecule has 0 unspecified atom stereocenters. The Morgan fingerprint density at radius 3 is 2.44 bits per heavy atom. The van der Waals surface area contributed by atoms with Gasteiger partial charge in [-0.05, 0) is 55.2 Å². The second kappa shape index (κ2) is 9.90. The molecule has 0 radical (unpaired) electrons. The number of carbonyl (C=O) groups is 1. The number of benzene rings is 2. The highest BCUT2D eigenvalue weighted by atomic mass is 35.5. The van der Waals surface area contributed by atoms with Gasteiger partial charge in [-0.1, -0.05) is 47.5 Å². The van der Waals surface area contributed by atoms with Crippen molar-refractivity contribution in [2.45, 2.75) is 45.0 Å². The Bertz CT molecular complexity index is 1070. The predicted octanol–water partition coefficient (Wildman–Crippen LogP) is 4.73. The molecule has 2 aromatic carbocycles.